The Morgan fingerprint density at radius 2 is 1.80 bits per heavy atom. The maximum atomic E-state index is 12.9. The van der Waals surface area contributed by atoms with E-state index in [1.807, 2.05) is 0 Å². The van der Waals surface area contributed by atoms with Crippen molar-refractivity contribution in [2.75, 3.05) is 0 Å². The molecule has 1 aromatic carbocycles. The lowest BCUT2D eigenvalue weighted by Crippen LogP contribution is -2.09. The van der Waals surface area contributed by atoms with Crippen LogP contribution in [0.15, 0.2) is 37.6 Å². The van der Waals surface area contributed by atoms with Gasteiger partial charge in [0, 0.05) is 14.5 Å². The Balaban J connectivity index is 2.58. The summed E-state index contributed by atoms with van der Waals surface area (Å²) in [6, 6.07) is 4.88. The molecule has 3 nitrogen and oxygen atoms in total. The lowest BCUT2D eigenvalue weighted by molar-refractivity contribution is -0.138. The van der Waals surface area contributed by atoms with Crippen molar-refractivity contribution in [1.29, 1.82) is 0 Å². The van der Waals surface area contributed by atoms with Gasteiger partial charge in [-0.2, -0.15) is 13.2 Å². The number of rotatable bonds is 2. The molecule has 2 N–H and O–H groups in total. The average Bonchev–Trinajstić information content (AvgIpc) is 2.76. The van der Waals surface area contributed by atoms with Gasteiger partial charge in [0.25, 0.3) is 5.91 Å². The summed E-state index contributed by atoms with van der Waals surface area (Å²) in [4.78, 5) is 10.9. The van der Waals surface area contributed by atoms with Crippen LogP contribution in [0.1, 0.15) is 16.1 Å². The van der Waals surface area contributed by atoms with E-state index in [4.69, 9.17) is 10.2 Å². The molecule has 2 rings (SSSR count). The van der Waals surface area contributed by atoms with E-state index in [-0.39, 0.29) is 21.6 Å². The highest BCUT2D eigenvalue weighted by molar-refractivity contribution is 9.11. The topological polar surface area (TPSA) is 56.2 Å². The first kappa shape index (κ1) is 15.1. The first-order valence-corrected chi connectivity index (χ1v) is 6.75. The third-order valence-electron chi connectivity index (χ3n) is 2.48. The van der Waals surface area contributed by atoms with Gasteiger partial charge in [0.1, 0.15) is 5.76 Å². The van der Waals surface area contributed by atoms with E-state index >= 15 is 0 Å². The van der Waals surface area contributed by atoms with Crippen LogP contribution in [-0.2, 0) is 6.18 Å². The fraction of sp³-hybridized carbons (Fsp3) is 0.0833. The van der Waals surface area contributed by atoms with E-state index in [1.54, 1.807) is 0 Å². The second-order valence-electron chi connectivity index (χ2n) is 3.84. The minimum Gasteiger partial charge on any atom is -0.451 e. The second kappa shape index (κ2) is 5.25. The molecule has 0 fully saturated rings. The molecule has 20 heavy (non-hydrogen) atoms. The number of primary amides is 1. The van der Waals surface area contributed by atoms with Crippen molar-refractivity contribution < 1.29 is 22.4 Å². The minimum atomic E-state index is -4.51. The van der Waals surface area contributed by atoms with Gasteiger partial charge in [-0.1, -0.05) is 15.9 Å². The Labute approximate surface area is 128 Å². The molecular formula is C12H6Br2F3NO2. The summed E-state index contributed by atoms with van der Waals surface area (Å²) in [6.07, 6.45) is -4.51. The van der Waals surface area contributed by atoms with Gasteiger partial charge < -0.3 is 10.2 Å². The Kier molecular flexibility index (Phi) is 3.97. The summed E-state index contributed by atoms with van der Waals surface area (Å²) in [5.41, 5.74) is 4.37. The van der Waals surface area contributed by atoms with Crippen LogP contribution < -0.4 is 5.73 Å². The van der Waals surface area contributed by atoms with Crippen LogP contribution in [0.25, 0.3) is 11.3 Å². The molecule has 0 atom stereocenters. The number of hydrogen-bond acceptors (Lipinski definition) is 2. The second-order valence-corrected chi connectivity index (χ2v) is 5.55. The quantitative estimate of drug-likeness (QED) is 0.784. The van der Waals surface area contributed by atoms with E-state index in [1.165, 1.54) is 18.2 Å². The molecule has 0 aliphatic heterocycles. The number of nitrogens with two attached hydrogens (primary N) is 1. The lowest BCUT2D eigenvalue weighted by atomic mass is 10.1. The van der Waals surface area contributed by atoms with Gasteiger partial charge >= 0.3 is 6.18 Å². The standard InChI is InChI=1S/C12H6Br2F3NO2/c13-7-4-8(14)6(12(15,16)17)3-5(7)9-1-2-10(20-9)11(18)19/h1-4H,(H2,18,19). The maximum absolute atomic E-state index is 12.9. The highest BCUT2D eigenvalue weighted by atomic mass is 79.9. The molecule has 2 aromatic rings. The van der Waals surface area contributed by atoms with Crippen LogP contribution in [0.3, 0.4) is 0 Å². The Hall–Kier alpha value is -1.28. The number of halogens is 5. The van der Waals surface area contributed by atoms with Crippen LogP contribution >= 0.6 is 31.9 Å². The fourth-order valence-electron chi connectivity index (χ4n) is 1.57. The Bertz CT molecular complexity index is 680. The zero-order valence-corrected chi connectivity index (χ0v) is 12.8. The molecule has 0 saturated carbocycles. The van der Waals surface area contributed by atoms with Crippen molar-refractivity contribution in [2.45, 2.75) is 6.18 Å². The van der Waals surface area contributed by atoms with Crippen molar-refractivity contribution in [1.82, 2.24) is 0 Å². The minimum absolute atomic E-state index is 0.0951. The van der Waals surface area contributed by atoms with Gasteiger partial charge in [0.2, 0.25) is 0 Å². The zero-order valence-electron chi connectivity index (χ0n) is 9.59. The number of hydrogen-bond donors (Lipinski definition) is 1. The number of furan rings is 1. The van der Waals surface area contributed by atoms with Crippen LogP contribution in [0, 0.1) is 0 Å². The maximum Gasteiger partial charge on any atom is 0.417 e. The molecule has 1 aromatic heterocycles. The lowest BCUT2D eigenvalue weighted by Gasteiger charge is -2.12. The van der Waals surface area contributed by atoms with Crippen LogP contribution in [0.5, 0.6) is 0 Å². The number of benzene rings is 1. The van der Waals surface area contributed by atoms with E-state index < -0.39 is 17.6 Å². The SMILES string of the molecule is NC(=O)c1ccc(-c2cc(C(F)(F)F)c(Br)cc2Br)o1. The molecule has 1 amide bonds. The fourth-order valence-corrected chi connectivity index (χ4v) is 2.98. The van der Waals surface area contributed by atoms with Crippen molar-refractivity contribution in [2.24, 2.45) is 5.73 Å². The Morgan fingerprint density at radius 1 is 1.15 bits per heavy atom. The van der Waals surface area contributed by atoms with Gasteiger partial charge in [-0.15, -0.1) is 0 Å². The summed E-state index contributed by atoms with van der Waals surface area (Å²) in [7, 11) is 0. The molecule has 0 unspecified atom stereocenters. The first-order chi connectivity index (χ1) is 9.20. The summed E-state index contributed by atoms with van der Waals surface area (Å²) in [5, 5.41) is 0. The summed E-state index contributed by atoms with van der Waals surface area (Å²) >= 11 is 6.02. The van der Waals surface area contributed by atoms with E-state index in [9.17, 15) is 18.0 Å². The van der Waals surface area contributed by atoms with Gasteiger partial charge in [0.15, 0.2) is 5.76 Å². The van der Waals surface area contributed by atoms with Crippen molar-refractivity contribution in [3.05, 3.63) is 44.5 Å². The highest BCUT2D eigenvalue weighted by Gasteiger charge is 2.34. The molecular weight excluding hydrogens is 407 g/mol. The van der Waals surface area contributed by atoms with E-state index in [0.717, 1.165) is 6.07 Å². The predicted molar refractivity (Wildman–Crippen MR) is 73.1 cm³/mol. The van der Waals surface area contributed by atoms with E-state index in [0.29, 0.717) is 4.47 Å². The smallest absolute Gasteiger partial charge is 0.417 e. The average molecular weight is 413 g/mol. The van der Waals surface area contributed by atoms with E-state index in [2.05, 4.69) is 31.9 Å². The molecule has 0 aliphatic carbocycles. The van der Waals surface area contributed by atoms with Crippen molar-refractivity contribution in [3.8, 4) is 11.3 Å². The van der Waals surface area contributed by atoms with Gasteiger partial charge in [0.05, 0.1) is 5.56 Å². The summed E-state index contributed by atoms with van der Waals surface area (Å²) in [6.45, 7) is 0. The third-order valence-corrected chi connectivity index (χ3v) is 3.79. The Morgan fingerprint density at radius 3 is 2.30 bits per heavy atom. The predicted octanol–water partition coefficient (Wildman–Crippen LogP) is 4.59. The molecule has 0 aliphatic rings. The monoisotopic (exact) mass is 411 g/mol. The van der Waals surface area contributed by atoms with Crippen LogP contribution in [-0.4, -0.2) is 5.91 Å². The van der Waals surface area contributed by atoms with Gasteiger partial charge in [-0.3, -0.25) is 4.79 Å². The van der Waals surface area contributed by atoms with Crippen molar-refractivity contribution >= 4 is 37.8 Å². The molecule has 0 radical (unpaired) electrons. The number of carbonyl (C=O) groups excluding carboxylic acids is 1. The summed E-state index contributed by atoms with van der Waals surface area (Å²) < 4.78 is 44.0. The molecule has 0 bridgehead atoms. The highest BCUT2D eigenvalue weighted by Crippen LogP contribution is 2.41. The van der Waals surface area contributed by atoms with Crippen molar-refractivity contribution in [3.63, 3.8) is 0 Å². The molecule has 0 spiro atoms. The molecule has 1 heterocycles. The number of carbonyl (C=O) groups is 1. The van der Waals surface area contributed by atoms with Crippen LogP contribution in [0.4, 0.5) is 13.2 Å². The third kappa shape index (κ3) is 2.90. The van der Waals surface area contributed by atoms with Gasteiger partial charge in [-0.25, -0.2) is 0 Å². The molecule has 0 saturated heterocycles. The molecule has 8 heteroatoms. The number of alkyl halides is 3. The van der Waals surface area contributed by atoms with Gasteiger partial charge in [-0.05, 0) is 40.2 Å². The molecule has 106 valence electrons. The number of amides is 1. The normalized spacial score (nSPS) is 11.7. The zero-order chi connectivity index (χ0) is 15.1. The van der Waals surface area contributed by atoms with Crippen LogP contribution in [0.2, 0.25) is 0 Å². The first-order valence-electron chi connectivity index (χ1n) is 5.16. The largest absolute Gasteiger partial charge is 0.451 e. The summed E-state index contributed by atoms with van der Waals surface area (Å²) in [5.74, 6) is -0.799.